The first-order valence-corrected chi connectivity index (χ1v) is 10.8. The van der Waals surface area contributed by atoms with Crippen LogP contribution in [0.1, 0.15) is 70.9 Å². The Morgan fingerprint density at radius 1 is 1.33 bits per heavy atom. The lowest BCUT2D eigenvalue weighted by Gasteiger charge is -2.41. The molecule has 0 radical (unpaired) electrons. The maximum absolute atomic E-state index is 12.6. The van der Waals surface area contributed by atoms with Crippen molar-refractivity contribution in [3.05, 3.63) is 18.0 Å². The number of carbonyl (C=O) groups is 1. The summed E-state index contributed by atoms with van der Waals surface area (Å²) in [6, 6.07) is 2.12. The monoisotopic (exact) mass is 376 g/mol. The summed E-state index contributed by atoms with van der Waals surface area (Å²) in [5, 5.41) is 10.2. The molecule has 2 N–H and O–H groups in total. The van der Waals surface area contributed by atoms with E-state index in [1.807, 2.05) is 17.9 Å². The highest BCUT2D eigenvalue weighted by Gasteiger charge is 2.37. The zero-order valence-corrected chi connectivity index (χ0v) is 17.1. The van der Waals surface area contributed by atoms with E-state index in [4.69, 9.17) is 4.74 Å². The number of rotatable bonds is 6. The van der Waals surface area contributed by atoms with Crippen LogP contribution in [-0.4, -0.2) is 53.0 Å². The molecule has 0 bridgehead atoms. The van der Waals surface area contributed by atoms with E-state index in [-0.39, 0.29) is 18.0 Å². The van der Waals surface area contributed by atoms with Crippen LogP contribution in [0.5, 0.6) is 0 Å². The van der Waals surface area contributed by atoms with Gasteiger partial charge in [0, 0.05) is 30.9 Å². The molecule has 0 spiro atoms. The lowest BCUT2D eigenvalue weighted by Crippen LogP contribution is -2.53. The average Bonchev–Trinajstić information content (AvgIpc) is 3.21. The van der Waals surface area contributed by atoms with Gasteiger partial charge in [0.05, 0.1) is 18.8 Å². The molecule has 2 heterocycles. The Morgan fingerprint density at radius 3 is 2.74 bits per heavy atom. The number of urea groups is 1. The zero-order valence-electron chi connectivity index (χ0n) is 17.1. The largest absolute Gasteiger partial charge is 0.376 e. The molecule has 6 heteroatoms. The third-order valence-corrected chi connectivity index (χ3v) is 6.45. The maximum Gasteiger partial charge on any atom is 0.317 e. The molecule has 1 aromatic heterocycles. The minimum atomic E-state index is 0.0267. The topological polar surface area (TPSA) is 70.2 Å². The summed E-state index contributed by atoms with van der Waals surface area (Å²) in [5.74, 6) is 1.86. The van der Waals surface area contributed by atoms with Gasteiger partial charge in [-0.25, -0.2) is 4.79 Å². The number of carbonyl (C=O) groups excluding carboxylic acids is 1. The molecule has 6 nitrogen and oxygen atoms in total. The van der Waals surface area contributed by atoms with E-state index in [1.165, 1.54) is 12.8 Å². The summed E-state index contributed by atoms with van der Waals surface area (Å²) in [5.41, 5.74) is 1.11. The van der Waals surface area contributed by atoms with Gasteiger partial charge in [0.15, 0.2) is 0 Å². The number of hydrogen-bond donors (Lipinski definition) is 2. The van der Waals surface area contributed by atoms with Crippen molar-refractivity contribution in [1.29, 1.82) is 0 Å². The van der Waals surface area contributed by atoms with Gasteiger partial charge in [-0.05, 0) is 63.4 Å². The molecule has 1 aromatic rings. The van der Waals surface area contributed by atoms with E-state index in [0.29, 0.717) is 19.3 Å². The Labute approximate surface area is 163 Å². The van der Waals surface area contributed by atoms with Crippen molar-refractivity contribution in [3.8, 4) is 0 Å². The van der Waals surface area contributed by atoms with E-state index in [2.05, 4.69) is 29.4 Å². The first kappa shape index (κ1) is 20.2. The summed E-state index contributed by atoms with van der Waals surface area (Å²) in [6.07, 6.45) is 9.01. The Balaban J connectivity index is 1.64. The van der Waals surface area contributed by atoms with Crippen molar-refractivity contribution in [2.24, 2.45) is 11.8 Å². The van der Waals surface area contributed by atoms with Crippen molar-refractivity contribution in [3.63, 3.8) is 0 Å². The van der Waals surface area contributed by atoms with Crippen molar-refractivity contribution in [2.45, 2.75) is 77.4 Å². The molecule has 2 aliphatic rings. The predicted octanol–water partition coefficient (Wildman–Crippen LogP) is 3.92. The summed E-state index contributed by atoms with van der Waals surface area (Å²) in [7, 11) is 0. The van der Waals surface area contributed by atoms with Crippen molar-refractivity contribution < 1.29 is 9.53 Å². The van der Waals surface area contributed by atoms with Crippen LogP contribution >= 0.6 is 0 Å². The molecule has 1 saturated carbocycles. The highest BCUT2D eigenvalue weighted by molar-refractivity contribution is 5.74. The standard InChI is InChI=1S/C21H36N4O2/c1-4-22-21(26)25-13-5-6-18(19-11-12-23-24-19)20(25)14-27-17-9-7-16(8-10-17)15(2)3/h11-12,15-18,20H,4-10,13-14H2,1-3H3,(H,22,26)(H,23,24)/t16?,17?,18-,20+/m0/s1. The van der Waals surface area contributed by atoms with Crippen LogP contribution in [-0.2, 0) is 4.74 Å². The van der Waals surface area contributed by atoms with Crippen LogP contribution in [0, 0.1) is 11.8 Å². The van der Waals surface area contributed by atoms with Crippen LogP contribution in [0.25, 0.3) is 0 Å². The third kappa shape index (κ3) is 5.03. The van der Waals surface area contributed by atoms with Gasteiger partial charge in [-0.2, -0.15) is 5.10 Å². The molecule has 2 atom stereocenters. The normalized spacial score (nSPS) is 29.1. The summed E-state index contributed by atoms with van der Waals surface area (Å²) in [6.45, 7) is 8.67. The van der Waals surface area contributed by atoms with Crippen LogP contribution < -0.4 is 5.32 Å². The number of nitrogens with one attached hydrogen (secondary N) is 2. The summed E-state index contributed by atoms with van der Waals surface area (Å²) in [4.78, 5) is 14.6. The minimum Gasteiger partial charge on any atom is -0.376 e. The van der Waals surface area contributed by atoms with E-state index in [0.717, 1.165) is 49.8 Å². The minimum absolute atomic E-state index is 0.0267. The second-order valence-electron chi connectivity index (χ2n) is 8.47. The molecular weight excluding hydrogens is 340 g/mol. The zero-order chi connectivity index (χ0) is 19.2. The molecule has 152 valence electrons. The Hall–Kier alpha value is -1.56. The number of aromatic nitrogens is 2. The fourth-order valence-electron chi connectivity index (χ4n) is 4.76. The van der Waals surface area contributed by atoms with Gasteiger partial charge in [-0.1, -0.05) is 13.8 Å². The maximum atomic E-state index is 12.6. The molecule has 0 aromatic carbocycles. The molecule has 3 rings (SSSR count). The second-order valence-corrected chi connectivity index (χ2v) is 8.47. The van der Waals surface area contributed by atoms with E-state index in [9.17, 15) is 4.79 Å². The molecule has 2 amide bonds. The van der Waals surface area contributed by atoms with E-state index >= 15 is 0 Å². The van der Waals surface area contributed by atoms with Gasteiger partial charge in [0.25, 0.3) is 0 Å². The van der Waals surface area contributed by atoms with Gasteiger partial charge in [0.2, 0.25) is 0 Å². The molecular formula is C21H36N4O2. The average molecular weight is 377 g/mol. The van der Waals surface area contributed by atoms with E-state index < -0.39 is 0 Å². The number of likely N-dealkylation sites (tertiary alicyclic amines) is 1. The number of amides is 2. The number of hydrogen-bond acceptors (Lipinski definition) is 3. The number of ether oxygens (including phenoxy) is 1. The fourth-order valence-corrected chi connectivity index (χ4v) is 4.76. The van der Waals surface area contributed by atoms with Gasteiger partial charge in [-0.15, -0.1) is 0 Å². The Kier molecular flexibility index (Phi) is 7.16. The molecule has 1 aliphatic carbocycles. The number of aromatic amines is 1. The van der Waals surface area contributed by atoms with Crippen molar-refractivity contribution >= 4 is 6.03 Å². The van der Waals surface area contributed by atoms with Gasteiger partial charge in [-0.3, -0.25) is 5.10 Å². The van der Waals surface area contributed by atoms with Crippen molar-refractivity contribution in [1.82, 2.24) is 20.4 Å². The Morgan fingerprint density at radius 2 is 2.11 bits per heavy atom. The first-order chi connectivity index (χ1) is 13.1. The van der Waals surface area contributed by atoms with Crippen LogP contribution in [0.4, 0.5) is 4.79 Å². The van der Waals surface area contributed by atoms with Gasteiger partial charge < -0.3 is 15.0 Å². The molecule has 1 saturated heterocycles. The highest BCUT2D eigenvalue weighted by atomic mass is 16.5. The molecule has 2 fully saturated rings. The summed E-state index contributed by atoms with van der Waals surface area (Å²) < 4.78 is 6.38. The highest BCUT2D eigenvalue weighted by Crippen LogP contribution is 2.34. The lowest BCUT2D eigenvalue weighted by molar-refractivity contribution is -0.0238. The SMILES string of the molecule is CCNC(=O)N1CCC[C@@H](c2ccn[nH]2)[C@H]1COC1CCC(C(C)C)CC1. The summed E-state index contributed by atoms with van der Waals surface area (Å²) >= 11 is 0. The number of H-pyrrole nitrogens is 1. The lowest BCUT2D eigenvalue weighted by atomic mass is 9.80. The van der Waals surface area contributed by atoms with Crippen LogP contribution in [0.3, 0.4) is 0 Å². The first-order valence-electron chi connectivity index (χ1n) is 10.8. The van der Waals surface area contributed by atoms with Crippen molar-refractivity contribution in [2.75, 3.05) is 19.7 Å². The third-order valence-electron chi connectivity index (χ3n) is 6.45. The smallest absolute Gasteiger partial charge is 0.317 e. The predicted molar refractivity (Wildman–Crippen MR) is 107 cm³/mol. The van der Waals surface area contributed by atoms with Crippen LogP contribution in [0.15, 0.2) is 12.3 Å². The van der Waals surface area contributed by atoms with Gasteiger partial charge >= 0.3 is 6.03 Å². The molecule has 0 unspecified atom stereocenters. The molecule has 27 heavy (non-hydrogen) atoms. The number of piperidine rings is 1. The van der Waals surface area contributed by atoms with Gasteiger partial charge in [0.1, 0.15) is 0 Å². The quantitative estimate of drug-likeness (QED) is 0.790. The fraction of sp³-hybridized carbons (Fsp3) is 0.810. The molecule has 1 aliphatic heterocycles. The van der Waals surface area contributed by atoms with E-state index in [1.54, 1.807) is 6.20 Å². The number of nitrogens with zero attached hydrogens (tertiary/aromatic N) is 2. The van der Waals surface area contributed by atoms with Crippen LogP contribution in [0.2, 0.25) is 0 Å². The second kappa shape index (κ2) is 9.58. The Bertz CT molecular complexity index is 567.